The number of unbranched alkanes of at least 4 members (excludes halogenated alkanes) is 14. The molecule has 7 atom stereocenters. The van der Waals surface area contributed by atoms with Crippen molar-refractivity contribution in [3.05, 3.63) is 24.3 Å². The van der Waals surface area contributed by atoms with E-state index >= 15 is 0 Å². The number of phosphoric ester groups is 1. The molecule has 14 heteroatoms. The number of carbonyl (C=O) groups excluding carboxylic acids is 3. The molecule has 1 fully saturated rings. The highest BCUT2D eigenvalue weighted by Gasteiger charge is 2.41. The standard InChI is InChI=1S/C46H84NO12P/c1-6-8-10-11-12-13-14-15-16-17-18-19-20-21-23-29-46(53)59-40(37-58-60(54,55)57-33-32-47(3,4)5)36-56-45(52)28-25-24-27-39(49)34-42-41(43(50)35-44(42)51)31-30-38(48)26-22-9-7-2/h15-16,30-31,38,40-44,48,50-51H,6-14,17-29,32-37H2,1-5H3/b16-15-,31-30+/t38-,40+,41+,42+,43+,44-/m0/s1. The molecular formula is C46H84NO12P. The van der Waals surface area contributed by atoms with Crippen LogP contribution in [0.1, 0.15) is 168 Å². The van der Waals surface area contributed by atoms with Gasteiger partial charge in [0.1, 0.15) is 25.5 Å². The average molecular weight is 874 g/mol. The van der Waals surface area contributed by atoms with Crippen LogP contribution in [0, 0.1) is 11.8 Å². The molecule has 1 aliphatic rings. The fourth-order valence-electron chi connectivity index (χ4n) is 7.17. The van der Waals surface area contributed by atoms with Gasteiger partial charge in [-0.05, 0) is 51.4 Å². The molecule has 1 aliphatic carbocycles. The van der Waals surface area contributed by atoms with E-state index in [1.54, 1.807) is 12.2 Å². The Morgan fingerprint density at radius 1 is 0.750 bits per heavy atom. The lowest BCUT2D eigenvalue weighted by atomic mass is 9.87. The maximum atomic E-state index is 12.9. The van der Waals surface area contributed by atoms with E-state index in [1.165, 1.54) is 38.5 Å². The van der Waals surface area contributed by atoms with Crippen LogP contribution in [0.15, 0.2) is 24.3 Å². The number of quaternary nitrogens is 1. The number of hydrogen-bond acceptors (Lipinski definition) is 12. The molecule has 0 saturated heterocycles. The molecule has 1 rings (SSSR count). The number of ketones is 1. The number of nitrogens with zero attached hydrogens (tertiary/aromatic N) is 1. The van der Waals surface area contributed by atoms with Gasteiger partial charge in [0.25, 0.3) is 7.82 Å². The van der Waals surface area contributed by atoms with Crippen molar-refractivity contribution in [2.24, 2.45) is 11.8 Å². The SMILES string of the molecule is CCCCCCCC/C=C\CCCCCCCC(=O)O[C@H](COC(=O)CCCCC(=O)C[C@@H]1[C@@H](/C=C/[C@@H](O)CCCCC)[C@H](O)C[C@@H]1O)COP(=O)([O-])OCC[N+](C)(C)C. The number of allylic oxidation sites excluding steroid dienone is 2. The maximum absolute atomic E-state index is 12.9. The van der Waals surface area contributed by atoms with E-state index in [0.29, 0.717) is 36.7 Å². The van der Waals surface area contributed by atoms with Crippen molar-refractivity contribution >= 4 is 25.5 Å². The van der Waals surface area contributed by atoms with Crippen LogP contribution in [0.5, 0.6) is 0 Å². The number of Topliss-reactive ketones (excluding diaryl/α,β-unsaturated/α-hetero) is 1. The molecule has 13 nitrogen and oxygen atoms in total. The largest absolute Gasteiger partial charge is 0.756 e. The van der Waals surface area contributed by atoms with Crippen molar-refractivity contribution in [2.75, 3.05) is 47.5 Å². The Labute approximate surface area is 362 Å². The number of rotatable bonds is 38. The van der Waals surface area contributed by atoms with Crippen LogP contribution >= 0.6 is 7.82 Å². The first kappa shape index (κ1) is 56.1. The first-order valence-corrected chi connectivity index (χ1v) is 24.7. The van der Waals surface area contributed by atoms with Crippen LogP contribution < -0.4 is 4.89 Å². The Balaban J connectivity index is 2.51. The molecule has 0 aromatic carbocycles. The Morgan fingerprint density at radius 3 is 1.97 bits per heavy atom. The number of hydrogen-bond donors (Lipinski definition) is 3. The topological polar surface area (TPSA) is 189 Å². The van der Waals surface area contributed by atoms with Gasteiger partial charge in [-0.2, -0.15) is 0 Å². The monoisotopic (exact) mass is 874 g/mol. The number of carbonyl (C=O) groups is 3. The second-order valence-corrected chi connectivity index (χ2v) is 19.1. The first-order valence-electron chi connectivity index (χ1n) is 23.2. The zero-order valence-electron chi connectivity index (χ0n) is 38.0. The fourth-order valence-corrected chi connectivity index (χ4v) is 7.90. The Kier molecular flexibility index (Phi) is 31.4. The minimum Gasteiger partial charge on any atom is -0.756 e. The summed E-state index contributed by atoms with van der Waals surface area (Å²) in [5.41, 5.74) is 0. The fraction of sp³-hybridized carbons (Fsp3) is 0.848. The average Bonchev–Trinajstić information content (AvgIpc) is 3.44. The molecule has 350 valence electrons. The van der Waals surface area contributed by atoms with Gasteiger partial charge in [0.15, 0.2) is 6.10 Å². The third-order valence-corrected chi connectivity index (χ3v) is 11.9. The molecule has 3 N–H and O–H groups in total. The molecule has 0 aliphatic heterocycles. The molecule has 0 spiro atoms. The molecule has 0 amide bonds. The van der Waals surface area contributed by atoms with Crippen molar-refractivity contribution in [1.29, 1.82) is 0 Å². The van der Waals surface area contributed by atoms with Gasteiger partial charge in [-0.25, -0.2) is 0 Å². The zero-order valence-corrected chi connectivity index (χ0v) is 38.9. The third kappa shape index (κ3) is 30.1. The summed E-state index contributed by atoms with van der Waals surface area (Å²) in [6.45, 7) is 3.67. The van der Waals surface area contributed by atoms with Crippen LogP contribution in [-0.2, 0) is 37.5 Å². The molecule has 60 heavy (non-hydrogen) atoms. The Hall–Kier alpha value is -1.96. The lowest BCUT2D eigenvalue weighted by molar-refractivity contribution is -0.870. The van der Waals surface area contributed by atoms with E-state index in [4.69, 9.17) is 18.5 Å². The summed E-state index contributed by atoms with van der Waals surface area (Å²) in [4.78, 5) is 50.6. The minimum absolute atomic E-state index is 0.00994. The van der Waals surface area contributed by atoms with E-state index < -0.39 is 69.2 Å². The van der Waals surface area contributed by atoms with Crippen LogP contribution in [0.3, 0.4) is 0 Å². The normalized spacial score (nSPS) is 20.4. The highest BCUT2D eigenvalue weighted by Crippen LogP contribution is 2.39. The first-order chi connectivity index (χ1) is 28.6. The van der Waals surface area contributed by atoms with Crippen molar-refractivity contribution in [2.45, 2.75) is 192 Å². The molecule has 1 unspecified atom stereocenters. The summed E-state index contributed by atoms with van der Waals surface area (Å²) in [6, 6.07) is 0. The smallest absolute Gasteiger partial charge is 0.306 e. The molecule has 0 aromatic heterocycles. The Bertz CT molecular complexity index is 1250. The van der Waals surface area contributed by atoms with Crippen molar-refractivity contribution < 1.29 is 62.2 Å². The summed E-state index contributed by atoms with van der Waals surface area (Å²) in [5.74, 6) is -2.12. The van der Waals surface area contributed by atoms with Gasteiger partial charge in [-0.1, -0.05) is 109 Å². The maximum Gasteiger partial charge on any atom is 0.306 e. The highest BCUT2D eigenvalue weighted by atomic mass is 31.2. The van der Waals surface area contributed by atoms with E-state index in [2.05, 4.69) is 26.0 Å². The van der Waals surface area contributed by atoms with Gasteiger partial charge in [0.2, 0.25) is 0 Å². The third-order valence-electron chi connectivity index (χ3n) is 10.9. The van der Waals surface area contributed by atoms with Crippen LogP contribution in [-0.4, -0.2) is 109 Å². The zero-order chi connectivity index (χ0) is 44.7. The summed E-state index contributed by atoms with van der Waals surface area (Å²) >= 11 is 0. The van der Waals surface area contributed by atoms with Crippen LogP contribution in [0.25, 0.3) is 0 Å². The number of likely N-dealkylation sites (N-methyl/N-ethyl adjacent to an activating group) is 1. The summed E-state index contributed by atoms with van der Waals surface area (Å²) in [6.07, 6.45) is 24.1. The van der Waals surface area contributed by atoms with E-state index in [9.17, 15) is 39.2 Å². The van der Waals surface area contributed by atoms with Crippen molar-refractivity contribution in [1.82, 2.24) is 0 Å². The highest BCUT2D eigenvalue weighted by molar-refractivity contribution is 7.45. The molecule has 0 radical (unpaired) electrons. The second kappa shape index (κ2) is 33.6. The minimum atomic E-state index is -4.72. The van der Waals surface area contributed by atoms with Gasteiger partial charge in [0, 0.05) is 43.9 Å². The van der Waals surface area contributed by atoms with E-state index in [0.717, 1.165) is 57.8 Å². The van der Waals surface area contributed by atoms with Crippen LogP contribution in [0.2, 0.25) is 0 Å². The number of ether oxygens (including phenoxy) is 2. The number of aliphatic hydroxyl groups excluding tert-OH is 3. The van der Waals surface area contributed by atoms with E-state index in [1.807, 2.05) is 21.1 Å². The molecule has 0 heterocycles. The lowest BCUT2D eigenvalue weighted by Gasteiger charge is -2.28. The molecular weight excluding hydrogens is 789 g/mol. The predicted molar refractivity (Wildman–Crippen MR) is 234 cm³/mol. The summed E-state index contributed by atoms with van der Waals surface area (Å²) in [5, 5.41) is 31.3. The van der Waals surface area contributed by atoms with Gasteiger partial charge in [0.05, 0.1) is 46.1 Å². The molecule has 0 bridgehead atoms. The van der Waals surface area contributed by atoms with Crippen molar-refractivity contribution in [3.63, 3.8) is 0 Å². The van der Waals surface area contributed by atoms with Gasteiger partial charge >= 0.3 is 11.9 Å². The van der Waals surface area contributed by atoms with Crippen LogP contribution in [0.4, 0.5) is 0 Å². The van der Waals surface area contributed by atoms with Gasteiger partial charge in [-0.3, -0.25) is 18.9 Å². The summed E-state index contributed by atoms with van der Waals surface area (Å²) < 4.78 is 33.8. The lowest BCUT2D eigenvalue weighted by Crippen LogP contribution is -2.37. The molecule has 0 aromatic rings. The summed E-state index contributed by atoms with van der Waals surface area (Å²) in [7, 11) is 0.959. The second-order valence-electron chi connectivity index (χ2n) is 17.7. The van der Waals surface area contributed by atoms with Gasteiger partial charge in [-0.15, -0.1) is 0 Å². The van der Waals surface area contributed by atoms with E-state index in [-0.39, 0.29) is 44.5 Å². The quantitative estimate of drug-likeness (QED) is 0.0178. The number of phosphoric acid groups is 1. The van der Waals surface area contributed by atoms with Crippen molar-refractivity contribution in [3.8, 4) is 0 Å². The number of esters is 2. The van der Waals surface area contributed by atoms with Gasteiger partial charge < -0.3 is 43.2 Å². The number of aliphatic hydroxyl groups is 3. The molecule has 1 saturated carbocycles. The predicted octanol–water partition coefficient (Wildman–Crippen LogP) is 8.06. The Morgan fingerprint density at radius 2 is 1.32 bits per heavy atom.